The average Bonchev–Trinajstić information content (AvgIpc) is 2.76. The van der Waals surface area contributed by atoms with Gasteiger partial charge in [0.05, 0.1) is 5.69 Å². The summed E-state index contributed by atoms with van der Waals surface area (Å²) in [6.45, 7) is 12.3. The fraction of sp³-hybridized carbons (Fsp3) is 0.682. The molecule has 0 amide bonds. The normalized spacial score (nSPS) is 19.4. The summed E-state index contributed by atoms with van der Waals surface area (Å²) < 4.78 is 27.6. The van der Waals surface area contributed by atoms with Gasteiger partial charge in [0, 0.05) is 71.5 Å². The predicted octanol–water partition coefficient (Wildman–Crippen LogP) is 2.08. The lowest BCUT2D eigenvalue weighted by Crippen LogP contribution is -2.52. The minimum atomic E-state index is -0.402. The molecule has 2 aliphatic heterocycles. The second-order valence-electron chi connectivity index (χ2n) is 8.16. The van der Waals surface area contributed by atoms with Crippen LogP contribution in [0.15, 0.2) is 23.2 Å². The zero-order valence-corrected chi connectivity index (χ0v) is 18.4. The third kappa shape index (κ3) is 6.54. The summed E-state index contributed by atoms with van der Waals surface area (Å²) in [6.07, 6.45) is 2.24. The number of likely N-dealkylation sites (N-methyl/N-ethyl adjacent to an activating group) is 1. The van der Waals surface area contributed by atoms with Crippen LogP contribution in [0.2, 0.25) is 0 Å². The first-order chi connectivity index (χ1) is 14.6. The number of hydrogen-bond acceptors (Lipinski definition) is 4. The van der Waals surface area contributed by atoms with Gasteiger partial charge in [-0.15, -0.1) is 0 Å². The number of nitrogens with one attached hydrogen (secondary N) is 1. The van der Waals surface area contributed by atoms with Crippen LogP contribution in [0.1, 0.15) is 19.8 Å². The quantitative estimate of drug-likeness (QED) is 0.414. The van der Waals surface area contributed by atoms with Gasteiger partial charge in [-0.3, -0.25) is 4.99 Å². The lowest BCUT2D eigenvalue weighted by atomic mass is 10.2. The van der Waals surface area contributed by atoms with E-state index in [-0.39, 0.29) is 5.82 Å². The van der Waals surface area contributed by atoms with Crippen molar-refractivity contribution in [3.05, 3.63) is 29.8 Å². The van der Waals surface area contributed by atoms with Crippen LogP contribution < -0.4 is 10.2 Å². The highest BCUT2D eigenvalue weighted by Gasteiger charge is 2.22. The molecule has 0 unspecified atom stereocenters. The molecule has 2 saturated heterocycles. The standard InChI is InChI=1S/C22H36F2N6/c1-3-25-22(26-8-4-5-9-28-12-10-27(2)11-13-28)30-16-14-29(15-17-30)21-18-19(23)6-7-20(21)24/h6-7,18H,3-5,8-17H2,1-2H3,(H,25,26). The number of aliphatic imine (C=N–C) groups is 1. The first-order valence-corrected chi connectivity index (χ1v) is 11.2. The van der Waals surface area contributed by atoms with Crippen LogP contribution >= 0.6 is 0 Å². The molecule has 6 nitrogen and oxygen atoms in total. The number of hydrogen-bond donors (Lipinski definition) is 1. The SMILES string of the molecule is CCNC(=NCCCCN1CCN(C)CC1)N1CCN(c2cc(F)ccc2F)CC1. The van der Waals surface area contributed by atoms with Gasteiger partial charge in [0.15, 0.2) is 5.96 Å². The van der Waals surface area contributed by atoms with Crippen molar-refractivity contribution in [2.24, 2.45) is 4.99 Å². The lowest BCUT2D eigenvalue weighted by Gasteiger charge is -2.37. The topological polar surface area (TPSA) is 37.4 Å². The molecule has 0 aliphatic carbocycles. The summed E-state index contributed by atoms with van der Waals surface area (Å²) in [6, 6.07) is 3.64. The third-order valence-corrected chi connectivity index (χ3v) is 5.90. The maximum absolute atomic E-state index is 14.1. The number of unbranched alkanes of at least 4 members (excludes halogenated alkanes) is 1. The molecule has 168 valence electrons. The Balaban J connectivity index is 1.44. The minimum absolute atomic E-state index is 0.348. The highest BCUT2D eigenvalue weighted by Crippen LogP contribution is 2.22. The van der Waals surface area contributed by atoms with E-state index in [9.17, 15) is 8.78 Å². The fourth-order valence-electron chi connectivity index (χ4n) is 4.02. The largest absolute Gasteiger partial charge is 0.366 e. The number of benzene rings is 1. The van der Waals surface area contributed by atoms with Crippen LogP contribution in [-0.4, -0.2) is 99.7 Å². The second-order valence-corrected chi connectivity index (χ2v) is 8.16. The molecule has 0 atom stereocenters. The Kier molecular flexibility index (Phi) is 8.69. The molecule has 30 heavy (non-hydrogen) atoms. The molecule has 8 heteroatoms. The van der Waals surface area contributed by atoms with Gasteiger partial charge in [0.1, 0.15) is 11.6 Å². The Morgan fingerprint density at radius 1 is 1.00 bits per heavy atom. The maximum Gasteiger partial charge on any atom is 0.194 e. The number of guanidine groups is 1. The van der Waals surface area contributed by atoms with Gasteiger partial charge in [0.25, 0.3) is 0 Å². The van der Waals surface area contributed by atoms with Crippen LogP contribution in [0.5, 0.6) is 0 Å². The molecule has 0 saturated carbocycles. The van der Waals surface area contributed by atoms with Gasteiger partial charge in [-0.2, -0.15) is 0 Å². The van der Waals surface area contributed by atoms with Crippen molar-refractivity contribution in [1.29, 1.82) is 0 Å². The predicted molar refractivity (Wildman–Crippen MR) is 119 cm³/mol. The molecule has 2 aliphatic rings. The molecule has 0 aromatic heterocycles. The first kappa shape index (κ1) is 22.7. The fourth-order valence-corrected chi connectivity index (χ4v) is 4.02. The van der Waals surface area contributed by atoms with Crippen molar-refractivity contribution in [2.45, 2.75) is 19.8 Å². The summed E-state index contributed by atoms with van der Waals surface area (Å²) in [5, 5.41) is 3.38. The van der Waals surface area contributed by atoms with E-state index < -0.39 is 5.82 Å². The number of halogens is 2. The number of piperazine rings is 2. The minimum Gasteiger partial charge on any atom is -0.366 e. The van der Waals surface area contributed by atoms with Crippen molar-refractivity contribution in [3.8, 4) is 0 Å². The van der Waals surface area contributed by atoms with Crippen molar-refractivity contribution >= 4 is 11.6 Å². The highest BCUT2D eigenvalue weighted by molar-refractivity contribution is 5.80. The van der Waals surface area contributed by atoms with Crippen LogP contribution in [0.4, 0.5) is 14.5 Å². The average molecular weight is 423 g/mol. The number of anilines is 1. The first-order valence-electron chi connectivity index (χ1n) is 11.2. The molecular formula is C22H36F2N6. The van der Waals surface area contributed by atoms with E-state index in [1.54, 1.807) is 0 Å². The summed E-state index contributed by atoms with van der Waals surface area (Å²) in [7, 11) is 2.18. The maximum atomic E-state index is 14.1. The van der Waals surface area contributed by atoms with E-state index in [2.05, 4.69) is 34.0 Å². The molecule has 1 aromatic rings. The van der Waals surface area contributed by atoms with Crippen molar-refractivity contribution < 1.29 is 8.78 Å². The highest BCUT2D eigenvalue weighted by atomic mass is 19.1. The Hall–Kier alpha value is -1.93. The van der Waals surface area contributed by atoms with E-state index in [0.717, 1.165) is 64.3 Å². The molecule has 0 radical (unpaired) electrons. The van der Waals surface area contributed by atoms with Gasteiger partial charge in [-0.25, -0.2) is 8.78 Å². The van der Waals surface area contributed by atoms with Gasteiger partial charge < -0.3 is 24.9 Å². The molecule has 1 aromatic carbocycles. The molecule has 0 bridgehead atoms. The molecule has 3 rings (SSSR count). The van der Waals surface area contributed by atoms with E-state index in [1.165, 1.54) is 31.6 Å². The monoisotopic (exact) mass is 422 g/mol. The Bertz CT molecular complexity index is 682. The van der Waals surface area contributed by atoms with Crippen LogP contribution in [0, 0.1) is 11.6 Å². The van der Waals surface area contributed by atoms with Crippen molar-refractivity contribution in [1.82, 2.24) is 20.0 Å². The molecule has 2 heterocycles. The van der Waals surface area contributed by atoms with Crippen molar-refractivity contribution in [2.75, 3.05) is 83.9 Å². The van der Waals surface area contributed by atoms with Gasteiger partial charge in [-0.1, -0.05) is 0 Å². The molecule has 0 spiro atoms. The Labute approximate surface area is 179 Å². The molecule has 1 N–H and O–H groups in total. The number of rotatable bonds is 7. The number of nitrogens with zero attached hydrogens (tertiary/aromatic N) is 5. The van der Waals surface area contributed by atoms with E-state index in [4.69, 9.17) is 4.99 Å². The van der Waals surface area contributed by atoms with Crippen LogP contribution in [0.25, 0.3) is 0 Å². The zero-order chi connectivity index (χ0) is 21.3. The second kappa shape index (κ2) is 11.5. The van der Waals surface area contributed by atoms with E-state index >= 15 is 0 Å². The summed E-state index contributed by atoms with van der Waals surface area (Å²) >= 11 is 0. The van der Waals surface area contributed by atoms with Gasteiger partial charge in [0.2, 0.25) is 0 Å². The van der Waals surface area contributed by atoms with Gasteiger partial charge >= 0.3 is 0 Å². The lowest BCUT2D eigenvalue weighted by molar-refractivity contribution is 0.152. The van der Waals surface area contributed by atoms with Crippen molar-refractivity contribution in [3.63, 3.8) is 0 Å². The summed E-state index contributed by atoms with van der Waals surface area (Å²) in [5.74, 6) is 0.155. The zero-order valence-electron chi connectivity index (χ0n) is 18.4. The Morgan fingerprint density at radius 2 is 1.73 bits per heavy atom. The van der Waals surface area contributed by atoms with Crippen LogP contribution in [-0.2, 0) is 0 Å². The van der Waals surface area contributed by atoms with Crippen LogP contribution in [0.3, 0.4) is 0 Å². The molecular weight excluding hydrogens is 386 g/mol. The molecule has 2 fully saturated rings. The third-order valence-electron chi connectivity index (χ3n) is 5.90. The smallest absolute Gasteiger partial charge is 0.194 e. The summed E-state index contributed by atoms with van der Waals surface area (Å²) in [5.41, 5.74) is 0.348. The van der Waals surface area contributed by atoms with Gasteiger partial charge in [-0.05, 0) is 45.5 Å². The Morgan fingerprint density at radius 3 is 2.43 bits per heavy atom. The van der Waals surface area contributed by atoms with E-state index in [0.29, 0.717) is 18.8 Å². The van der Waals surface area contributed by atoms with E-state index in [1.807, 2.05) is 4.90 Å². The summed E-state index contributed by atoms with van der Waals surface area (Å²) in [4.78, 5) is 13.9.